The van der Waals surface area contributed by atoms with Crippen molar-refractivity contribution in [3.63, 3.8) is 0 Å². The molecule has 0 bridgehead atoms. The van der Waals surface area contributed by atoms with Crippen LogP contribution in [0.1, 0.15) is 24.1 Å². The van der Waals surface area contributed by atoms with E-state index in [0.717, 1.165) is 11.0 Å². The molecular weight excluding hydrogens is 253 g/mol. The first-order chi connectivity index (χ1) is 7.91. The van der Waals surface area contributed by atoms with Crippen molar-refractivity contribution in [1.82, 2.24) is 9.55 Å². The predicted molar refractivity (Wildman–Crippen MR) is 58.2 cm³/mol. The van der Waals surface area contributed by atoms with Crippen LogP contribution in [0.25, 0.3) is 0 Å². The fraction of sp³-hybridized carbons (Fsp3) is 0.600. The Morgan fingerprint density at radius 1 is 1.35 bits per heavy atom. The number of aromatic nitrogens is 2. The Labute approximate surface area is 100 Å². The lowest BCUT2D eigenvalue weighted by Gasteiger charge is -2.18. The van der Waals surface area contributed by atoms with Gasteiger partial charge in [0.15, 0.2) is 5.16 Å². The third-order valence-electron chi connectivity index (χ3n) is 2.65. The highest BCUT2D eigenvalue weighted by Gasteiger charge is 2.38. The summed E-state index contributed by atoms with van der Waals surface area (Å²) in [7, 11) is 0. The summed E-state index contributed by atoms with van der Waals surface area (Å²) in [6.07, 6.45) is -3.00. The van der Waals surface area contributed by atoms with E-state index >= 15 is 0 Å². The highest BCUT2D eigenvalue weighted by atomic mass is 32.2. The molecule has 1 aliphatic rings. The lowest BCUT2D eigenvalue weighted by Crippen LogP contribution is -2.27. The van der Waals surface area contributed by atoms with Crippen molar-refractivity contribution in [1.29, 1.82) is 0 Å². The Kier molecular flexibility index (Phi) is 3.20. The number of alkyl halides is 3. The van der Waals surface area contributed by atoms with Crippen molar-refractivity contribution >= 4 is 11.8 Å². The van der Waals surface area contributed by atoms with Crippen molar-refractivity contribution in [3.05, 3.63) is 21.6 Å². The number of halogens is 3. The first-order valence-electron chi connectivity index (χ1n) is 5.22. The predicted octanol–water partition coefficient (Wildman–Crippen LogP) is 2.46. The minimum atomic E-state index is -4.51. The van der Waals surface area contributed by atoms with E-state index < -0.39 is 17.4 Å². The minimum absolute atomic E-state index is 0.186. The fourth-order valence-electron chi connectivity index (χ4n) is 1.85. The van der Waals surface area contributed by atoms with Gasteiger partial charge in [-0.1, -0.05) is 11.8 Å². The van der Waals surface area contributed by atoms with Crippen LogP contribution in [0.5, 0.6) is 0 Å². The molecule has 2 rings (SSSR count). The van der Waals surface area contributed by atoms with Gasteiger partial charge in [0.05, 0.1) is 0 Å². The summed E-state index contributed by atoms with van der Waals surface area (Å²) in [6.45, 7) is 1.45. The van der Waals surface area contributed by atoms with Crippen LogP contribution in [-0.4, -0.2) is 15.3 Å². The smallest absolute Gasteiger partial charge is 0.316 e. The maximum atomic E-state index is 13.0. The molecule has 0 atom stereocenters. The summed E-state index contributed by atoms with van der Waals surface area (Å²) >= 11 is 1.21. The molecule has 0 saturated carbocycles. The van der Waals surface area contributed by atoms with E-state index in [2.05, 4.69) is 4.98 Å². The number of hydrogen-bond donors (Lipinski definition) is 0. The monoisotopic (exact) mass is 264 g/mol. The molecule has 1 aromatic rings. The summed E-state index contributed by atoms with van der Waals surface area (Å²) < 4.78 is 40.0. The molecule has 0 N–H and O–H groups in total. The molecule has 1 aromatic heterocycles. The normalized spacial score (nSPS) is 16.5. The molecule has 0 spiro atoms. The van der Waals surface area contributed by atoms with E-state index in [-0.39, 0.29) is 17.3 Å². The summed E-state index contributed by atoms with van der Waals surface area (Å²) in [5.41, 5.74) is -1.94. The van der Waals surface area contributed by atoms with E-state index in [9.17, 15) is 18.0 Å². The van der Waals surface area contributed by atoms with Crippen LogP contribution < -0.4 is 5.56 Å². The third-order valence-corrected chi connectivity index (χ3v) is 3.71. The average Bonchev–Trinajstić information content (AvgIpc) is 2.42. The van der Waals surface area contributed by atoms with Crippen molar-refractivity contribution in [2.75, 3.05) is 5.75 Å². The second-order valence-electron chi connectivity index (χ2n) is 3.88. The number of thioether (sulfide) groups is 1. The van der Waals surface area contributed by atoms with Gasteiger partial charge in [-0.05, 0) is 19.8 Å². The van der Waals surface area contributed by atoms with E-state index in [1.165, 1.54) is 18.7 Å². The Bertz CT molecular complexity index is 496. The molecule has 0 unspecified atom stereocenters. The lowest BCUT2D eigenvalue weighted by atomic mass is 10.2. The highest BCUT2D eigenvalue weighted by molar-refractivity contribution is 7.99. The van der Waals surface area contributed by atoms with Crippen LogP contribution in [0.15, 0.2) is 9.95 Å². The van der Waals surface area contributed by atoms with Crippen LogP contribution in [0.3, 0.4) is 0 Å². The summed E-state index contributed by atoms with van der Waals surface area (Å²) in [5, 5.41) is 0.186. The first-order valence-corrected chi connectivity index (χ1v) is 6.21. The molecule has 17 heavy (non-hydrogen) atoms. The van der Waals surface area contributed by atoms with Crippen molar-refractivity contribution in [2.45, 2.75) is 37.6 Å². The Hall–Kier alpha value is -0.980. The first kappa shape index (κ1) is 12.5. The van der Waals surface area contributed by atoms with Crippen molar-refractivity contribution in [3.8, 4) is 0 Å². The summed E-state index contributed by atoms with van der Waals surface area (Å²) in [4.78, 5) is 15.2. The fourth-order valence-corrected chi connectivity index (χ4v) is 2.87. The molecule has 7 heteroatoms. The zero-order chi connectivity index (χ0) is 12.6. The molecule has 2 heterocycles. The van der Waals surface area contributed by atoms with Gasteiger partial charge in [0.25, 0.3) is 5.56 Å². The van der Waals surface area contributed by atoms with E-state index in [1.54, 1.807) is 0 Å². The Morgan fingerprint density at radius 3 is 2.71 bits per heavy atom. The second-order valence-corrected chi connectivity index (χ2v) is 4.94. The molecule has 0 amide bonds. The minimum Gasteiger partial charge on any atom is -0.316 e. The molecule has 0 radical (unpaired) electrons. The molecule has 0 fully saturated rings. The Morgan fingerprint density at radius 2 is 2.06 bits per heavy atom. The summed E-state index contributed by atoms with van der Waals surface area (Å²) in [5.74, 6) is 0.701. The standard InChI is InChI=1S/C10H11F3N2OS/c1-6-7(10(11,12)13)15-4-2-3-5-17-9(15)14-8(6)16/h2-5H2,1H3. The average molecular weight is 264 g/mol. The zero-order valence-electron chi connectivity index (χ0n) is 9.17. The van der Waals surface area contributed by atoms with Gasteiger partial charge in [0.1, 0.15) is 5.69 Å². The van der Waals surface area contributed by atoms with Crippen LogP contribution in [0.4, 0.5) is 13.2 Å². The molecule has 0 saturated heterocycles. The molecule has 3 nitrogen and oxygen atoms in total. The molecule has 1 aliphatic heterocycles. The largest absolute Gasteiger partial charge is 0.431 e. The van der Waals surface area contributed by atoms with Gasteiger partial charge in [0.2, 0.25) is 0 Å². The number of fused-ring (bicyclic) bond motifs is 1. The van der Waals surface area contributed by atoms with E-state index in [4.69, 9.17) is 0 Å². The van der Waals surface area contributed by atoms with Crippen LogP contribution in [0, 0.1) is 6.92 Å². The molecule has 0 aliphatic carbocycles. The summed E-state index contributed by atoms with van der Waals surface area (Å²) in [6, 6.07) is 0. The van der Waals surface area contributed by atoms with Crippen molar-refractivity contribution < 1.29 is 13.2 Å². The number of hydrogen-bond acceptors (Lipinski definition) is 3. The van der Waals surface area contributed by atoms with Gasteiger partial charge < -0.3 is 4.57 Å². The molecule has 0 aromatic carbocycles. The second kappa shape index (κ2) is 4.36. The van der Waals surface area contributed by atoms with Crippen LogP contribution in [0.2, 0.25) is 0 Å². The van der Waals surface area contributed by atoms with Crippen LogP contribution in [-0.2, 0) is 12.7 Å². The van der Waals surface area contributed by atoms with Gasteiger partial charge >= 0.3 is 6.18 Å². The third kappa shape index (κ3) is 2.34. The van der Waals surface area contributed by atoms with E-state index in [1.807, 2.05) is 0 Å². The topological polar surface area (TPSA) is 34.9 Å². The number of nitrogens with zero attached hydrogens (tertiary/aromatic N) is 2. The van der Waals surface area contributed by atoms with Gasteiger partial charge in [0, 0.05) is 17.9 Å². The Balaban J connectivity index is 2.71. The van der Waals surface area contributed by atoms with Gasteiger partial charge in [-0.25, -0.2) is 0 Å². The van der Waals surface area contributed by atoms with Crippen LogP contribution >= 0.6 is 11.8 Å². The SMILES string of the molecule is Cc1c(C(F)(F)F)n2c(nc1=O)SCCCC2. The van der Waals surface area contributed by atoms with Gasteiger partial charge in [-0.3, -0.25) is 4.79 Å². The molecular formula is C10H11F3N2OS. The highest BCUT2D eigenvalue weighted by Crippen LogP contribution is 2.34. The van der Waals surface area contributed by atoms with Crippen molar-refractivity contribution in [2.24, 2.45) is 0 Å². The van der Waals surface area contributed by atoms with Gasteiger partial charge in [-0.2, -0.15) is 18.2 Å². The number of rotatable bonds is 0. The van der Waals surface area contributed by atoms with Gasteiger partial charge in [-0.15, -0.1) is 0 Å². The van der Waals surface area contributed by atoms with E-state index in [0.29, 0.717) is 12.2 Å². The zero-order valence-corrected chi connectivity index (χ0v) is 9.99. The maximum absolute atomic E-state index is 13.0. The molecule has 94 valence electrons. The lowest BCUT2D eigenvalue weighted by molar-refractivity contribution is -0.145. The maximum Gasteiger partial charge on any atom is 0.431 e. The quantitative estimate of drug-likeness (QED) is 0.675.